The summed E-state index contributed by atoms with van der Waals surface area (Å²) < 4.78 is 15.3. The minimum atomic E-state index is -1.10. The van der Waals surface area contributed by atoms with Gasteiger partial charge in [-0.05, 0) is 47.8 Å². The third kappa shape index (κ3) is 14.3. The van der Waals surface area contributed by atoms with Crippen LogP contribution in [0.15, 0.2) is 24.3 Å². The number of aliphatic hydroxyl groups excluding tert-OH is 1. The third-order valence-electron chi connectivity index (χ3n) is 8.48. The average molecular weight is 678 g/mol. The summed E-state index contributed by atoms with van der Waals surface area (Å²) in [5, 5.41) is 21.6. The summed E-state index contributed by atoms with van der Waals surface area (Å²) in [6.45, 7) is 12.2. The number of amides is 4. The Kier molecular flexibility index (Phi) is 17.5. The SMILES string of the molecule is COC(=O)N[C@H](C(=O)N[C@@H](CC1CCCCC1)[C@@H](O)CN(Cc1ccc(OCC(C)C)cc1)NC(=O)[C@@H](NC(=O)OC)C(C)C)C(C)C. The van der Waals surface area contributed by atoms with Crippen LogP contribution in [-0.4, -0.2) is 85.7 Å². The van der Waals surface area contributed by atoms with Gasteiger partial charge >= 0.3 is 12.2 Å². The number of nitrogens with zero attached hydrogens (tertiary/aromatic N) is 1. The predicted molar refractivity (Wildman–Crippen MR) is 183 cm³/mol. The van der Waals surface area contributed by atoms with E-state index >= 15 is 0 Å². The lowest BCUT2D eigenvalue weighted by Gasteiger charge is -2.35. The number of hydrogen-bond acceptors (Lipinski definition) is 9. The molecule has 0 radical (unpaired) electrons. The normalized spacial score (nSPS) is 16.2. The van der Waals surface area contributed by atoms with Gasteiger partial charge in [0.25, 0.3) is 5.91 Å². The molecule has 1 fully saturated rings. The number of alkyl carbamates (subject to hydrolysis) is 2. The summed E-state index contributed by atoms with van der Waals surface area (Å²) in [5.41, 5.74) is 3.74. The van der Waals surface area contributed by atoms with Gasteiger partial charge in [-0.1, -0.05) is 85.8 Å². The second-order valence-electron chi connectivity index (χ2n) is 13.8. The van der Waals surface area contributed by atoms with Crippen LogP contribution in [0.3, 0.4) is 0 Å². The van der Waals surface area contributed by atoms with E-state index in [0.29, 0.717) is 24.9 Å². The van der Waals surface area contributed by atoms with Crippen molar-refractivity contribution in [1.82, 2.24) is 26.4 Å². The van der Waals surface area contributed by atoms with Crippen molar-refractivity contribution in [2.45, 2.75) is 111 Å². The molecule has 2 rings (SSSR count). The minimum absolute atomic E-state index is 0.0329. The van der Waals surface area contributed by atoms with Crippen LogP contribution >= 0.6 is 0 Å². The number of carbonyl (C=O) groups excluding carboxylic acids is 4. The largest absolute Gasteiger partial charge is 0.493 e. The highest BCUT2D eigenvalue weighted by atomic mass is 16.5. The molecule has 1 aliphatic rings. The lowest BCUT2D eigenvalue weighted by molar-refractivity contribution is -0.131. The van der Waals surface area contributed by atoms with Crippen LogP contribution in [0, 0.1) is 23.7 Å². The highest BCUT2D eigenvalue weighted by Crippen LogP contribution is 2.28. The van der Waals surface area contributed by atoms with Gasteiger partial charge in [-0.15, -0.1) is 0 Å². The van der Waals surface area contributed by atoms with Gasteiger partial charge < -0.3 is 35.3 Å². The van der Waals surface area contributed by atoms with E-state index in [1.165, 1.54) is 14.2 Å². The van der Waals surface area contributed by atoms with Gasteiger partial charge in [0.2, 0.25) is 5.91 Å². The molecule has 13 nitrogen and oxygen atoms in total. The summed E-state index contributed by atoms with van der Waals surface area (Å²) in [6, 6.07) is 5.05. The molecule has 48 heavy (non-hydrogen) atoms. The Balaban J connectivity index is 2.36. The molecule has 1 aromatic carbocycles. The van der Waals surface area contributed by atoms with E-state index in [9.17, 15) is 24.3 Å². The van der Waals surface area contributed by atoms with Gasteiger partial charge in [-0.25, -0.2) is 14.6 Å². The Hall–Kier alpha value is -3.58. The highest BCUT2D eigenvalue weighted by molar-refractivity contribution is 5.86. The Morgan fingerprint density at radius 3 is 1.85 bits per heavy atom. The van der Waals surface area contributed by atoms with Gasteiger partial charge in [-0.2, -0.15) is 0 Å². The van der Waals surface area contributed by atoms with Crippen LogP contribution in [0.5, 0.6) is 5.75 Å². The summed E-state index contributed by atoms with van der Waals surface area (Å²) in [6.07, 6.45) is 3.31. The van der Waals surface area contributed by atoms with Gasteiger partial charge in [0, 0.05) is 13.1 Å². The quantitative estimate of drug-likeness (QED) is 0.144. The Morgan fingerprint density at radius 1 is 0.812 bits per heavy atom. The van der Waals surface area contributed by atoms with Crippen molar-refractivity contribution in [2.75, 3.05) is 27.4 Å². The van der Waals surface area contributed by atoms with Crippen LogP contribution in [0.1, 0.15) is 85.6 Å². The third-order valence-corrected chi connectivity index (χ3v) is 8.48. The zero-order valence-electron chi connectivity index (χ0n) is 30.0. The van der Waals surface area contributed by atoms with Crippen LogP contribution in [0.25, 0.3) is 0 Å². The molecule has 1 saturated carbocycles. The van der Waals surface area contributed by atoms with Crippen molar-refractivity contribution in [3.63, 3.8) is 0 Å². The van der Waals surface area contributed by atoms with Crippen molar-refractivity contribution >= 4 is 24.0 Å². The van der Waals surface area contributed by atoms with Crippen LogP contribution in [0.2, 0.25) is 0 Å². The number of carbonyl (C=O) groups is 4. The zero-order chi connectivity index (χ0) is 35.8. The second kappa shape index (κ2) is 20.7. The molecular formula is C35H59N5O8. The molecule has 0 aliphatic heterocycles. The number of nitrogens with one attached hydrogen (secondary N) is 4. The van der Waals surface area contributed by atoms with E-state index in [4.69, 9.17) is 14.2 Å². The van der Waals surface area contributed by atoms with Gasteiger partial charge in [0.15, 0.2) is 0 Å². The number of hydrazine groups is 1. The van der Waals surface area contributed by atoms with E-state index in [2.05, 4.69) is 35.2 Å². The number of rotatable bonds is 18. The summed E-state index contributed by atoms with van der Waals surface area (Å²) >= 11 is 0. The minimum Gasteiger partial charge on any atom is -0.493 e. The first kappa shape index (κ1) is 40.6. The van der Waals surface area contributed by atoms with Crippen LogP contribution in [-0.2, 0) is 25.6 Å². The van der Waals surface area contributed by atoms with E-state index in [-0.39, 0.29) is 24.9 Å². The molecule has 0 aromatic heterocycles. The predicted octanol–water partition coefficient (Wildman–Crippen LogP) is 4.13. The van der Waals surface area contributed by atoms with Crippen LogP contribution in [0.4, 0.5) is 9.59 Å². The van der Waals surface area contributed by atoms with E-state index in [1.54, 1.807) is 18.9 Å². The summed E-state index contributed by atoms with van der Waals surface area (Å²) in [4.78, 5) is 51.1. The fourth-order valence-corrected chi connectivity index (χ4v) is 5.71. The maximum absolute atomic E-state index is 13.5. The standard InChI is InChI=1S/C35H59N5O8/c1-22(2)21-48-27-16-14-26(15-17-27)19-40(39-33(43)31(24(5)6)38-35(45)47-8)20-29(41)28(18-25-12-10-9-11-13-25)36-32(42)30(23(3)4)37-34(44)46-7/h14-17,22-25,28-31,41H,9-13,18-21H2,1-8H3,(H,36,42)(H,37,44)(H,38,45)(H,39,43)/t28-,29-,30-,31-/m0/s1. The molecular weight excluding hydrogens is 618 g/mol. The number of hydrogen-bond donors (Lipinski definition) is 5. The van der Waals surface area contributed by atoms with Crippen molar-refractivity contribution in [3.05, 3.63) is 29.8 Å². The van der Waals surface area contributed by atoms with E-state index < -0.39 is 48.2 Å². The second-order valence-corrected chi connectivity index (χ2v) is 13.8. The van der Waals surface area contributed by atoms with Gasteiger partial charge in [0.05, 0.1) is 33.0 Å². The van der Waals surface area contributed by atoms with E-state index in [1.807, 2.05) is 38.1 Å². The monoisotopic (exact) mass is 677 g/mol. The number of methoxy groups -OCH3 is 2. The zero-order valence-corrected chi connectivity index (χ0v) is 30.0. The maximum Gasteiger partial charge on any atom is 0.407 e. The Bertz CT molecular complexity index is 1140. The lowest BCUT2D eigenvalue weighted by Crippen LogP contribution is -2.59. The lowest BCUT2D eigenvalue weighted by atomic mass is 9.83. The first-order valence-electron chi connectivity index (χ1n) is 17.2. The topological polar surface area (TPSA) is 168 Å². The number of benzene rings is 1. The first-order chi connectivity index (χ1) is 22.7. The smallest absolute Gasteiger partial charge is 0.407 e. The highest BCUT2D eigenvalue weighted by Gasteiger charge is 2.33. The molecule has 272 valence electrons. The molecule has 4 amide bonds. The Labute approximate surface area is 286 Å². The Morgan fingerprint density at radius 2 is 1.35 bits per heavy atom. The van der Waals surface area contributed by atoms with Crippen molar-refractivity contribution in [2.24, 2.45) is 23.7 Å². The van der Waals surface area contributed by atoms with Gasteiger partial charge in [-0.3, -0.25) is 15.0 Å². The molecule has 0 unspecified atom stereocenters. The molecule has 0 bridgehead atoms. The van der Waals surface area contributed by atoms with Crippen molar-refractivity contribution in [1.29, 1.82) is 0 Å². The molecule has 4 atom stereocenters. The molecule has 0 heterocycles. The molecule has 1 aliphatic carbocycles. The number of aliphatic hydroxyl groups is 1. The summed E-state index contributed by atoms with van der Waals surface area (Å²) in [5.74, 6) is -0.00325. The van der Waals surface area contributed by atoms with Crippen LogP contribution < -0.4 is 26.1 Å². The molecule has 0 spiro atoms. The fourth-order valence-electron chi connectivity index (χ4n) is 5.71. The van der Waals surface area contributed by atoms with Crippen molar-refractivity contribution in [3.8, 4) is 5.75 Å². The molecule has 1 aromatic rings. The van der Waals surface area contributed by atoms with E-state index in [0.717, 1.165) is 43.4 Å². The van der Waals surface area contributed by atoms with Gasteiger partial charge in [0.1, 0.15) is 17.8 Å². The van der Waals surface area contributed by atoms with Crippen molar-refractivity contribution < 1.29 is 38.5 Å². The molecule has 13 heteroatoms. The molecule has 0 saturated heterocycles. The molecule has 5 N–H and O–H groups in total. The fraction of sp³-hybridized carbons (Fsp3) is 0.714. The average Bonchev–Trinajstić information content (AvgIpc) is 3.04. The maximum atomic E-state index is 13.5. The first-order valence-corrected chi connectivity index (χ1v) is 17.2. The summed E-state index contributed by atoms with van der Waals surface area (Å²) in [7, 11) is 2.47. The number of ether oxygens (including phenoxy) is 3.